The number of fused-ring (bicyclic) bond motifs is 3. The molecule has 2 heterocycles. The van der Waals surface area contributed by atoms with Gasteiger partial charge in [-0.05, 0) is 49.2 Å². The van der Waals surface area contributed by atoms with Crippen molar-refractivity contribution in [2.75, 3.05) is 25.8 Å². The Morgan fingerprint density at radius 2 is 1.82 bits per heavy atom. The van der Waals surface area contributed by atoms with Crippen LogP contribution in [0.4, 0.5) is 10.5 Å². The maximum Gasteiger partial charge on any atom is 0.429 e. The highest BCUT2D eigenvalue weighted by Crippen LogP contribution is 2.47. The smallest absolute Gasteiger partial charge is 0.429 e. The van der Waals surface area contributed by atoms with Crippen LogP contribution in [0.1, 0.15) is 54.3 Å². The molecule has 1 aliphatic heterocycles. The number of rotatable bonds is 7. The summed E-state index contributed by atoms with van der Waals surface area (Å²) in [6, 6.07) is 13.1. The zero-order chi connectivity index (χ0) is 23.5. The van der Waals surface area contributed by atoms with Crippen molar-refractivity contribution in [1.29, 1.82) is 0 Å². The standard InChI is InChI=1S/C25H29N3O5/c1-5-7-21-22-23(19-13-10-17(14-20(19)26-22)24(29)33-6-2)28(25(30)32-4)27(21)15-16-8-11-18(31-3)12-9-16/h8-14,21,26H,5-7,15H2,1-4H3. The second-order valence-electron chi connectivity index (χ2n) is 7.90. The molecule has 0 aliphatic carbocycles. The number of amides is 1. The van der Waals surface area contributed by atoms with Crippen molar-refractivity contribution in [3.63, 3.8) is 0 Å². The number of esters is 1. The predicted molar refractivity (Wildman–Crippen MR) is 125 cm³/mol. The third kappa shape index (κ3) is 4.14. The second kappa shape index (κ2) is 9.54. The number of hydrazine groups is 1. The molecule has 0 bridgehead atoms. The van der Waals surface area contributed by atoms with E-state index < -0.39 is 6.09 Å². The molecule has 0 spiro atoms. The lowest BCUT2D eigenvalue weighted by molar-refractivity contribution is 0.0526. The van der Waals surface area contributed by atoms with Gasteiger partial charge in [-0.25, -0.2) is 14.6 Å². The average Bonchev–Trinajstić information content (AvgIpc) is 3.33. The van der Waals surface area contributed by atoms with Crippen LogP contribution in [0.2, 0.25) is 0 Å². The number of nitrogens with one attached hydrogen (secondary N) is 1. The third-order valence-corrected chi connectivity index (χ3v) is 5.89. The summed E-state index contributed by atoms with van der Waals surface area (Å²) in [5, 5.41) is 4.50. The molecule has 1 N–H and O–H groups in total. The summed E-state index contributed by atoms with van der Waals surface area (Å²) in [6.07, 6.45) is 1.31. The zero-order valence-electron chi connectivity index (χ0n) is 19.4. The number of H-pyrrole nitrogens is 1. The summed E-state index contributed by atoms with van der Waals surface area (Å²) in [5.74, 6) is 0.411. The monoisotopic (exact) mass is 451 g/mol. The minimum Gasteiger partial charge on any atom is -0.497 e. The number of ether oxygens (including phenoxy) is 3. The minimum absolute atomic E-state index is 0.0513. The molecule has 174 valence electrons. The van der Waals surface area contributed by atoms with Crippen LogP contribution >= 0.6 is 0 Å². The van der Waals surface area contributed by atoms with Crippen molar-refractivity contribution >= 4 is 28.7 Å². The molecule has 2 aromatic carbocycles. The molecule has 8 nitrogen and oxygen atoms in total. The Kier molecular flexibility index (Phi) is 6.55. The predicted octanol–water partition coefficient (Wildman–Crippen LogP) is 5.20. The maximum atomic E-state index is 13.0. The molecule has 4 rings (SSSR count). The van der Waals surface area contributed by atoms with Crippen molar-refractivity contribution in [2.24, 2.45) is 0 Å². The first-order valence-electron chi connectivity index (χ1n) is 11.1. The summed E-state index contributed by atoms with van der Waals surface area (Å²) in [5.41, 5.74) is 4.00. The van der Waals surface area contributed by atoms with Crippen molar-refractivity contribution in [3.8, 4) is 5.75 Å². The van der Waals surface area contributed by atoms with Gasteiger partial charge in [-0.15, -0.1) is 0 Å². The van der Waals surface area contributed by atoms with E-state index in [0.29, 0.717) is 18.7 Å². The summed E-state index contributed by atoms with van der Waals surface area (Å²) < 4.78 is 15.6. The number of aromatic amines is 1. The second-order valence-corrected chi connectivity index (χ2v) is 7.90. The molecule has 0 saturated heterocycles. The molecule has 1 aromatic heterocycles. The van der Waals surface area contributed by atoms with E-state index in [2.05, 4.69) is 11.9 Å². The Bertz CT molecular complexity index is 1150. The lowest BCUT2D eigenvalue weighted by Crippen LogP contribution is -2.43. The van der Waals surface area contributed by atoms with E-state index in [9.17, 15) is 9.59 Å². The van der Waals surface area contributed by atoms with Crippen LogP contribution in [0.3, 0.4) is 0 Å². The van der Waals surface area contributed by atoms with E-state index >= 15 is 0 Å². The van der Waals surface area contributed by atoms with Gasteiger partial charge in [0.1, 0.15) is 5.75 Å². The number of carbonyl (C=O) groups excluding carboxylic acids is 2. The first kappa shape index (κ1) is 22.7. The lowest BCUT2D eigenvalue weighted by atomic mass is 10.1. The fraction of sp³-hybridized carbons (Fsp3) is 0.360. The molecule has 1 unspecified atom stereocenters. The molecule has 0 saturated carbocycles. The SMILES string of the molecule is CCCC1c2[nH]c3cc(C(=O)OCC)ccc3c2N(C(=O)OC)N1Cc1ccc(OC)cc1. The quantitative estimate of drug-likeness (QED) is 0.497. The van der Waals surface area contributed by atoms with E-state index in [-0.39, 0.29) is 12.0 Å². The molecule has 8 heteroatoms. The number of hydrogen-bond acceptors (Lipinski definition) is 6. The number of anilines is 1. The number of benzene rings is 2. The van der Waals surface area contributed by atoms with Crippen LogP contribution in [0.5, 0.6) is 5.75 Å². The van der Waals surface area contributed by atoms with Crippen LogP contribution in [-0.4, -0.2) is 42.9 Å². The van der Waals surface area contributed by atoms with Crippen LogP contribution in [-0.2, 0) is 16.0 Å². The van der Waals surface area contributed by atoms with E-state index in [0.717, 1.165) is 46.4 Å². The van der Waals surface area contributed by atoms with Gasteiger partial charge in [0.2, 0.25) is 0 Å². The maximum absolute atomic E-state index is 13.0. The molecule has 1 amide bonds. The first-order valence-corrected chi connectivity index (χ1v) is 11.1. The molecular formula is C25H29N3O5. The number of hydrogen-bond donors (Lipinski definition) is 1. The van der Waals surface area contributed by atoms with Gasteiger partial charge in [-0.3, -0.25) is 0 Å². The molecule has 33 heavy (non-hydrogen) atoms. The fourth-order valence-corrected chi connectivity index (χ4v) is 4.38. The van der Waals surface area contributed by atoms with Gasteiger partial charge in [-0.2, -0.15) is 5.01 Å². The Morgan fingerprint density at radius 1 is 1.06 bits per heavy atom. The van der Waals surface area contributed by atoms with Crippen LogP contribution in [0.25, 0.3) is 10.9 Å². The minimum atomic E-state index is -0.460. The van der Waals surface area contributed by atoms with E-state index in [1.54, 1.807) is 31.2 Å². The lowest BCUT2D eigenvalue weighted by Gasteiger charge is -2.32. The number of methoxy groups -OCH3 is 2. The number of carbonyl (C=O) groups is 2. The largest absolute Gasteiger partial charge is 0.497 e. The number of aromatic nitrogens is 1. The highest BCUT2D eigenvalue weighted by molar-refractivity contribution is 6.05. The first-order chi connectivity index (χ1) is 16.0. The molecule has 0 fully saturated rings. The van der Waals surface area contributed by atoms with Gasteiger partial charge >= 0.3 is 12.1 Å². The van der Waals surface area contributed by atoms with E-state index in [1.165, 1.54) is 7.11 Å². The molecule has 3 aromatic rings. The zero-order valence-corrected chi connectivity index (χ0v) is 19.4. The van der Waals surface area contributed by atoms with E-state index in [4.69, 9.17) is 14.2 Å². The Labute approximate surface area is 193 Å². The fourth-order valence-electron chi connectivity index (χ4n) is 4.38. The summed E-state index contributed by atoms with van der Waals surface area (Å²) in [6.45, 7) is 4.73. The van der Waals surface area contributed by atoms with Gasteiger partial charge in [0.15, 0.2) is 0 Å². The highest BCUT2D eigenvalue weighted by atomic mass is 16.5. The van der Waals surface area contributed by atoms with Crippen molar-refractivity contribution in [3.05, 3.63) is 59.3 Å². The van der Waals surface area contributed by atoms with Crippen LogP contribution in [0, 0.1) is 0 Å². The van der Waals surface area contributed by atoms with Gasteiger partial charge in [0.25, 0.3) is 0 Å². The van der Waals surface area contributed by atoms with Gasteiger partial charge in [0.05, 0.1) is 43.8 Å². The van der Waals surface area contributed by atoms with Crippen LogP contribution in [0.15, 0.2) is 42.5 Å². The molecule has 1 atom stereocenters. The number of nitrogens with zero attached hydrogens (tertiary/aromatic N) is 2. The van der Waals surface area contributed by atoms with Gasteiger partial charge in [0, 0.05) is 17.4 Å². The van der Waals surface area contributed by atoms with Crippen LogP contribution < -0.4 is 9.75 Å². The average molecular weight is 452 g/mol. The summed E-state index contributed by atoms with van der Waals surface area (Å²) >= 11 is 0. The van der Waals surface area contributed by atoms with Gasteiger partial charge in [-0.1, -0.05) is 25.5 Å². The van der Waals surface area contributed by atoms with E-state index in [1.807, 2.05) is 35.3 Å². The highest BCUT2D eigenvalue weighted by Gasteiger charge is 2.43. The normalized spacial score (nSPS) is 15.5. The van der Waals surface area contributed by atoms with Crippen molar-refractivity contribution in [2.45, 2.75) is 39.3 Å². The molecular weight excluding hydrogens is 422 g/mol. The Morgan fingerprint density at radius 3 is 2.45 bits per heavy atom. The summed E-state index contributed by atoms with van der Waals surface area (Å²) in [7, 11) is 3.02. The Hall–Kier alpha value is -3.52. The summed E-state index contributed by atoms with van der Waals surface area (Å²) in [4.78, 5) is 28.7. The van der Waals surface area contributed by atoms with Gasteiger partial charge < -0.3 is 19.2 Å². The topological polar surface area (TPSA) is 84.1 Å². The van der Waals surface area contributed by atoms with Crippen molar-refractivity contribution < 1.29 is 23.8 Å². The molecule has 0 radical (unpaired) electrons. The Balaban J connectivity index is 1.78. The third-order valence-electron chi connectivity index (χ3n) is 5.89. The molecule has 1 aliphatic rings. The van der Waals surface area contributed by atoms with Crippen molar-refractivity contribution in [1.82, 2.24) is 9.99 Å².